The maximum atomic E-state index is 12.3. The molecular weight excluding hydrogens is 406 g/mol. The minimum atomic E-state index is -0.205. The third kappa shape index (κ3) is 4.15. The summed E-state index contributed by atoms with van der Waals surface area (Å²) >= 11 is 4.70. The number of pyridine rings is 1. The number of benzene rings is 1. The number of nitrogens with zero attached hydrogens (tertiary/aromatic N) is 2. The number of carbonyl (C=O) groups is 1. The van der Waals surface area contributed by atoms with E-state index in [0.717, 1.165) is 11.3 Å². The molecule has 0 saturated carbocycles. The van der Waals surface area contributed by atoms with Crippen LogP contribution in [0.5, 0.6) is 11.5 Å². The summed E-state index contributed by atoms with van der Waals surface area (Å²) in [7, 11) is 1.46. The number of amides is 1. The lowest BCUT2D eigenvalue weighted by Gasteiger charge is -2.09. The van der Waals surface area contributed by atoms with Crippen molar-refractivity contribution in [3.63, 3.8) is 0 Å². The van der Waals surface area contributed by atoms with Crippen LogP contribution >= 0.6 is 27.3 Å². The van der Waals surface area contributed by atoms with Gasteiger partial charge in [0, 0.05) is 27.8 Å². The van der Waals surface area contributed by atoms with Gasteiger partial charge in [0.05, 0.1) is 19.2 Å². The molecule has 0 radical (unpaired) electrons. The Kier molecular flexibility index (Phi) is 5.30. The average Bonchev–Trinajstić information content (AvgIpc) is 3.06. The first kappa shape index (κ1) is 17.4. The van der Waals surface area contributed by atoms with Gasteiger partial charge in [0.15, 0.2) is 16.6 Å². The van der Waals surface area contributed by atoms with Crippen LogP contribution in [0.4, 0.5) is 5.13 Å². The Morgan fingerprint density at radius 3 is 2.84 bits per heavy atom. The fraction of sp³-hybridized carbons (Fsp3) is 0.118. The van der Waals surface area contributed by atoms with Crippen LogP contribution in [0.25, 0.3) is 11.3 Å². The van der Waals surface area contributed by atoms with Crippen molar-refractivity contribution in [1.29, 1.82) is 0 Å². The van der Waals surface area contributed by atoms with E-state index < -0.39 is 0 Å². The van der Waals surface area contributed by atoms with Gasteiger partial charge in [-0.25, -0.2) is 4.98 Å². The minimum absolute atomic E-state index is 0.0143. The molecule has 1 amide bonds. The zero-order valence-corrected chi connectivity index (χ0v) is 15.6. The first-order valence-corrected chi connectivity index (χ1v) is 8.95. The summed E-state index contributed by atoms with van der Waals surface area (Å²) in [6.45, 7) is 0. The van der Waals surface area contributed by atoms with Crippen LogP contribution < -0.4 is 10.1 Å². The van der Waals surface area contributed by atoms with Crippen molar-refractivity contribution in [3.8, 4) is 22.8 Å². The Morgan fingerprint density at radius 1 is 1.36 bits per heavy atom. The van der Waals surface area contributed by atoms with Gasteiger partial charge in [-0.3, -0.25) is 9.78 Å². The second-order valence-corrected chi connectivity index (χ2v) is 6.83. The smallest absolute Gasteiger partial charge is 0.230 e. The van der Waals surface area contributed by atoms with Gasteiger partial charge in [0.25, 0.3) is 0 Å². The number of methoxy groups -OCH3 is 1. The first-order valence-electron chi connectivity index (χ1n) is 7.28. The standard InChI is InChI=1S/C17H14BrN3O3S/c1-24-15-6-11(12(18)8-14(15)22)7-16(23)21-17-20-13(9-25-17)10-2-4-19-5-3-10/h2-6,8-9,22H,7H2,1H3,(H,20,21,23). The van der Waals surface area contributed by atoms with Gasteiger partial charge < -0.3 is 15.2 Å². The molecule has 128 valence electrons. The van der Waals surface area contributed by atoms with Crippen LogP contribution in [-0.4, -0.2) is 28.1 Å². The fourth-order valence-electron chi connectivity index (χ4n) is 2.21. The minimum Gasteiger partial charge on any atom is -0.504 e. The molecule has 3 aromatic rings. The third-order valence-electron chi connectivity index (χ3n) is 3.43. The summed E-state index contributed by atoms with van der Waals surface area (Å²) in [6.07, 6.45) is 3.52. The van der Waals surface area contributed by atoms with Crippen molar-refractivity contribution in [2.75, 3.05) is 12.4 Å². The highest BCUT2D eigenvalue weighted by Gasteiger charge is 2.13. The number of anilines is 1. The third-order valence-corrected chi connectivity index (χ3v) is 4.92. The number of carbonyl (C=O) groups excluding carboxylic acids is 1. The molecule has 0 bridgehead atoms. The maximum Gasteiger partial charge on any atom is 0.230 e. The summed E-state index contributed by atoms with van der Waals surface area (Å²) in [4.78, 5) is 20.7. The molecule has 6 nitrogen and oxygen atoms in total. The molecule has 0 fully saturated rings. The Bertz CT molecular complexity index is 899. The van der Waals surface area contributed by atoms with Gasteiger partial charge in [0.1, 0.15) is 0 Å². The Balaban J connectivity index is 1.70. The molecule has 0 atom stereocenters. The van der Waals surface area contributed by atoms with E-state index in [-0.39, 0.29) is 18.1 Å². The van der Waals surface area contributed by atoms with Gasteiger partial charge in [-0.05, 0) is 29.8 Å². The molecule has 0 aliphatic heterocycles. The van der Waals surface area contributed by atoms with Crippen LogP contribution in [0.15, 0.2) is 46.5 Å². The summed E-state index contributed by atoms with van der Waals surface area (Å²) in [5.41, 5.74) is 2.44. The van der Waals surface area contributed by atoms with E-state index in [1.165, 1.54) is 24.5 Å². The molecule has 0 unspecified atom stereocenters. The molecule has 0 aliphatic rings. The van der Waals surface area contributed by atoms with Crippen molar-refractivity contribution in [2.45, 2.75) is 6.42 Å². The summed E-state index contributed by atoms with van der Waals surface area (Å²) in [5.74, 6) is 0.129. The fourth-order valence-corrected chi connectivity index (χ4v) is 3.41. The van der Waals surface area contributed by atoms with Crippen LogP contribution in [-0.2, 0) is 11.2 Å². The van der Waals surface area contributed by atoms with E-state index >= 15 is 0 Å². The van der Waals surface area contributed by atoms with E-state index in [4.69, 9.17) is 4.74 Å². The topological polar surface area (TPSA) is 84.3 Å². The molecule has 2 aromatic heterocycles. The Hall–Kier alpha value is -2.45. The zero-order valence-electron chi connectivity index (χ0n) is 13.2. The van der Waals surface area contributed by atoms with Gasteiger partial charge in [-0.15, -0.1) is 11.3 Å². The predicted octanol–water partition coefficient (Wildman–Crippen LogP) is 3.86. The molecule has 1 aromatic carbocycles. The van der Waals surface area contributed by atoms with Gasteiger partial charge in [0.2, 0.25) is 5.91 Å². The average molecular weight is 420 g/mol. The van der Waals surface area contributed by atoms with Gasteiger partial charge in [-0.1, -0.05) is 15.9 Å². The number of hydrogen-bond acceptors (Lipinski definition) is 6. The van der Waals surface area contributed by atoms with Gasteiger partial charge in [-0.2, -0.15) is 0 Å². The molecule has 0 aliphatic carbocycles. The van der Waals surface area contributed by atoms with Crippen molar-refractivity contribution in [3.05, 3.63) is 52.1 Å². The van der Waals surface area contributed by atoms with E-state index in [9.17, 15) is 9.90 Å². The lowest BCUT2D eigenvalue weighted by Crippen LogP contribution is -2.14. The monoisotopic (exact) mass is 419 g/mol. The molecular formula is C17H14BrN3O3S. The number of halogens is 1. The van der Waals surface area contributed by atoms with Gasteiger partial charge >= 0.3 is 0 Å². The molecule has 3 rings (SSSR count). The number of phenols is 1. The van der Waals surface area contributed by atoms with Crippen LogP contribution in [0, 0.1) is 0 Å². The van der Waals surface area contributed by atoms with Crippen LogP contribution in [0.2, 0.25) is 0 Å². The SMILES string of the molecule is COc1cc(CC(=O)Nc2nc(-c3ccncc3)cs2)c(Br)cc1O. The van der Waals surface area contributed by atoms with E-state index in [0.29, 0.717) is 20.9 Å². The highest BCUT2D eigenvalue weighted by molar-refractivity contribution is 9.10. The van der Waals surface area contributed by atoms with E-state index in [2.05, 4.69) is 31.2 Å². The molecule has 0 saturated heterocycles. The lowest BCUT2D eigenvalue weighted by molar-refractivity contribution is -0.115. The first-order chi connectivity index (χ1) is 12.1. The number of aromatic nitrogens is 2. The molecule has 25 heavy (non-hydrogen) atoms. The number of nitrogens with one attached hydrogen (secondary N) is 1. The second-order valence-electron chi connectivity index (χ2n) is 5.11. The van der Waals surface area contributed by atoms with Crippen LogP contribution in [0.1, 0.15) is 5.56 Å². The lowest BCUT2D eigenvalue weighted by atomic mass is 10.1. The predicted molar refractivity (Wildman–Crippen MR) is 100 cm³/mol. The number of thiazole rings is 1. The molecule has 2 heterocycles. The van der Waals surface area contributed by atoms with Crippen molar-refractivity contribution < 1.29 is 14.6 Å². The maximum absolute atomic E-state index is 12.3. The van der Waals surface area contributed by atoms with E-state index in [1.54, 1.807) is 18.5 Å². The van der Waals surface area contributed by atoms with Crippen molar-refractivity contribution >= 4 is 38.3 Å². The number of ether oxygens (including phenoxy) is 1. The summed E-state index contributed by atoms with van der Waals surface area (Å²) in [6, 6.07) is 6.86. The Morgan fingerprint density at radius 2 is 2.12 bits per heavy atom. The number of rotatable bonds is 5. The quantitative estimate of drug-likeness (QED) is 0.655. The zero-order chi connectivity index (χ0) is 17.8. The highest BCUT2D eigenvalue weighted by atomic mass is 79.9. The van der Waals surface area contributed by atoms with Crippen LogP contribution in [0.3, 0.4) is 0 Å². The Labute approximate surface area is 156 Å². The summed E-state index contributed by atoms with van der Waals surface area (Å²) < 4.78 is 5.71. The summed E-state index contributed by atoms with van der Waals surface area (Å²) in [5, 5.41) is 14.9. The second kappa shape index (κ2) is 7.62. The largest absolute Gasteiger partial charge is 0.504 e. The highest BCUT2D eigenvalue weighted by Crippen LogP contribution is 2.33. The van der Waals surface area contributed by atoms with Crippen molar-refractivity contribution in [1.82, 2.24) is 9.97 Å². The molecule has 0 spiro atoms. The molecule has 8 heteroatoms. The molecule has 2 N–H and O–H groups in total. The number of hydrogen-bond donors (Lipinski definition) is 2. The van der Waals surface area contributed by atoms with E-state index in [1.807, 2.05) is 17.5 Å². The number of phenolic OH excluding ortho intramolecular Hbond substituents is 1. The van der Waals surface area contributed by atoms with Crippen molar-refractivity contribution in [2.24, 2.45) is 0 Å². The normalized spacial score (nSPS) is 10.5. The number of aromatic hydroxyl groups is 1.